The topological polar surface area (TPSA) is 66.6 Å². The molecule has 0 heterocycles. The van der Waals surface area contributed by atoms with Crippen LogP contribution in [0, 0.1) is 5.92 Å². The number of aliphatic hydroxyl groups is 1. The van der Waals surface area contributed by atoms with Gasteiger partial charge in [-0.3, -0.25) is 4.79 Å². The van der Waals surface area contributed by atoms with Crippen molar-refractivity contribution in [1.82, 2.24) is 0 Å². The van der Waals surface area contributed by atoms with Crippen molar-refractivity contribution in [2.24, 2.45) is 5.92 Å². The van der Waals surface area contributed by atoms with E-state index in [0.717, 1.165) is 12.8 Å². The highest BCUT2D eigenvalue weighted by molar-refractivity contribution is 5.96. The van der Waals surface area contributed by atoms with Gasteiger partial charge in [-0.25, -0.2) is 0 Å². The molecule has 0 saturated heterocycles. The molecule has 0 aromatic heterocycles. The SMILES string of the molecule is Nc1ccccc1N(CCO)C(=O)CC1CCC1. The summed E-state index contributed by atoms with van der Waals surface area (Å²) in [6.45, 7) is 0.254. The Hall–Kier alpha value is -1.55. The van der Waals surface area contributed by atoms with Crippen molar-refractivity contribution < 1.29 is 9.90 Å². The van der Waals surface area contributed by atoms with E-state index in [2.05, 4.69) is 0 Å². The molecular formula is C14H20N2O2. The number of hydrogen-bond acceptors (Lipinski definition) is 3. The van der Waals surface area contributed by atoms with Crippen LogP contribution in [0.3, 0.4) is 0 Å². The molecule has 1 saturated carbocycles. The summed E-state index contributed by atoms with van der Waals surface area (Å²) in [7, 11) is 0. The van der Waals surface area contributed by atoms with Gasteiger partial charge in [0.2, 0.25) is 5.91 Å². The maximum atomic E-state index is 12.2. The number of carbonyl (C=O) groups excluding carboxylic acids is 1. The molecule has 1 aromatic carbocycles. The van der Waals surface area contributed by atoms with Crippen molar-refractivity contribution in [1.29, 1.82) is 0 Å². The quantitative estimate of drug-likeness (QED) is 0.781. The molecule has 0 unspecified atom stereocenters. The summed E-state index contributed by atoms with van der Waals surface area (Å²) in [5.41, 5.74) is 7.17. The third kappa shape index (κ3) is 2.82. The van der Waals surface area contributed by atoms with Crippen molar-refractivity contribution >= 4 is 17.3 Å². The molecule has 98 valence electrons. The van der Waals surface area contributed by atoms with E-state index in [-0.39, 0.29) is 12.5 Å². The Labute approximate surface area is 107 Å². The number of nitrogens with two attached hydrogens (primary N) is 1. The van der Waals surface area contributed by atoms with Crippen molar-refractivity contribution in [3.8, 4) is 0 Å². The molecule has 4 nitrogen and oxygen atoms in total. The minimum atomic E-state index is -0.0509. The lowest BCUT2D eigenvalue weighted by Crippen LogP contribution is -2.36. The van der Waals surface area contributed by atoms with E-state index in [1.165, 1.54) is 6.42 Å². The fourth-order valence-electron chi connectivity index (χ4n) is 2.27. The number of anilines is 2. The van der Waals surface area contributed by atoms with Gasteiger partial charge in [0.25, 0.3) is 0 Å². The zero-order valence-electron chi connectivity index (χ0n) is 10.5. The first-order valence-corrected chi connectivity index (χ1v) is 6.48. The standard InChI is InChI=1S/C14H20N2O2/c15-12-6-1-2-7-13(12)16(8-9-17)14(18)10-11-4-3-5-11/h1-2,6-7,11,17H,3-5,8-10,15H2. The number of carbonyl (C=O) groups is 1. The molecule has 4 heteroatoms. The first-order valence-electron chi connectivity index (χ1n) is 6.48. The van der Waals surface area contributed by atoms with Gasteiger partial charge >= 0.3 is 0 Å². The minimum absolute atomic E-state index is 0.0509. The van der Waals surface area contributed by atoms with E-state index in [1.807, 2.05) is 18.2 Å². The third-order valence-corrected chi connectivity index (χ3v) is 3.54. The fourth-order valence-corrected chi connectivity index (χ4v) is 2.27. The van der Waals surface area contributed by atoms with Crippen LogP contribution in [0.25, 0.3) is 0 Å². The predicted molar refractivity (Wildman–Crippen MR) is 72.3 cm³/mol. The number of benzene rings is 1. The van der Waals surface area contributed by atoms with Gasteiger partial charge in [-0.15, -0.1) is 0 Å². The predicted octanol–water partition coefficient (Wildman–Crippen LogP) is 1.78. The van der Waals surface area contributed by atoms with E-state index in [9.17, 15) is 4.79 Å². The second-order valence-corrected chi connectivity index (χ2v) is 4.83. The average Bonchev–Trinajstić information content (AvgIpc) is 2.32. The van der Waals surface area contributed by atoms with E-state index in [4.69, 9.17) is 10.8 Å². The van der Waals surface area contributed by atoms with Crippen LogP contribution < -0.4 is 10.6 Å². The van der Waals surface area contributed by atoms with E-state index < -0.39 is 0 Å². The van der Waals surface area contributed by atoms with Gasteiger partial charge in [0.15, 0.2) is 0 Å². The minimum Gasteiger partial charge on any atom is -0.397 e. The number of nitrogen functional groups attached to an aromatic ring is 1. The fraction of sp³-hybridized carbons (Fsp3) is 0.500. The summed E-state index contributed by atoms with van der Waals surface area (Å²) in [6.07, 6.45) is 4.08. The maximum Gasteiger partial charge on any atom is 0.227 e. The molecule has 3 N–H and O–H groups in total. The monoisotopic (exact) mass is 248 g/mol. The Kier molecular flexibility index (Phi) is 4.20. The second kappa shape index (κ2) is 5.87. The van der Waals surface area contributed by atoms with Gasteiger partial charge in [0.1, 0.15) is 0 Å². The largest absolute Gasteiger partial charge is 0.397 e. The van der Waals surface area contributed by atoms with Crippen LogP contribution in [0.2, 0.25) is 0 Å². The van der Waals surface area contributed by atoms with Gasteiger partial charge in [-0.05, 0) is 30.9 Å². The lowest BCUT2D eigenvalue weighted by Gasteiger charge is -2.29. The summed E-state index contributed by atoms with van der Waals surface area (Å²) in [5.74, 6) is 0.579. The van der Waals surface area contributed by atoms with Gasteiger partial charge in [-0.2, -0.15) is 0 Å². The maximum absolute atomic E-state index is 12.2. The summed E-state index contributed by atoms with van der Waals surface area (Å²) in [5, 5.41) is 9.11. The van der Waals surface area contributed by atoms with Crippen LogP contribution in [0.1, 0.15) is 25.7 Å². The summed E-state index contributed by atoms with van der Waals surface area (Å²) < 4.78 is 0. The molecule has 0 bridgehead atoms. The Morgan fingerprint density at radius 1 is 1.39 bits per heavy atom. The molecule has 0 atom stereocenters. The molecule has 1 fully saturated rings. The van der Waals surface area contributed by atoms with Gasteiger partial charge < -0.3 is 15.7 Å². The van der Waals surface area contributed by atoms with Crippen LogP contribution >= 0.6 is 0 Å². The van der Waals surface area contributed by atoms with Crippen LogP contribution in [-0.4, -0.2) is 24.2 Å². The lowest BCUT2D eigenvalue weighted by atomic mass is 9.82. The van der Waals surface area contributed by atoms with Crippen molar-refractivity contribution in [3.05, 3.63) is 24.3 Å². The molecule has 1 aliphatic rings. The number of amides is 1. The van der Waals surface area contributed by atoms with E-state index in [1.54, 1.807) is 11.0 Å². The molecular weight excluding hydrogens is 228 g/mol. The number of para-hydroxylation sites is 2. The molecule has 1 aromatic rings. The number of aliphatic hydroxyl groups excluding tert-OH is 1. The average molecular weight is 248 g/mol. The molecule has 18 heavy (non-hydrogen) atoms. The number of rotatable bonds is 5. The molecule has 0 aliphatic heterocycles. The Morgan fingerprint density at radius 2 is 2.11 bits per heavy atom. The van der Waals surface area contributed by atoms with E-state index >= 15 is 0 Å². The number of hydrogen-bond donors (Lipinski definition) is 2. The normalized spacial score (nSPS) is 15.2. The Morgan fingerprint density at radius 3 is 2.67 bits per heavy atom. The molecule has 2 rings (SSSR count). The van der Waals surface area contributed by atoms with Gasteiger partial charge in [0.05, 0.1) is 18.0 Å². The molecule has 0 spiro atoms. The Bertz CT molecular complexity index is 416. The Balaban J connectivity index is 2.11. The van der Waals surface area contributed by atoms with Crippen LogP contribution in [0.5, 0.6) is 0 Å². The summed E-state index contributed by atoms with van der Waals surface area (Å²) in [4.78, 5) is 13.9. The lowest BCUT2D eigenvalue weighted by molar-refractivity contribution is -0.120. The highest BCUT2D eigenvalue weighted by Gasteiger charge is 2.25. The molecule has 1 amide bonds. The van der Waals surface area contributed by atoms with Crippen LogP contribution in [0.15, 0.2) is 24.3 Å². The zero-order chi connectivity index (χ0) is 13.0. The van der Waals surface area contributed by atoms with Crippen LogP contribution in [-0.2, 0) is 4.79 Å². The highest BCUT2D eigenvalue weighted by Crippen LogP contribution is 2.31. The smallest absolute Gasteiger partial charge is 0.227 e. The van der Waals surface area contributed by atoms with Crippen molar-refractivity contribution in [3.63, 3.8) is 0 Å². The summed E-state index contributed by atoms with van der Waals surface area (Å²) in [6, 6.07) is 7.29. The molecule has 1 aliphatic carbocycles. The van der Waals surface area contributed by atoms with Gasteiger partial charge in [0, 0.05) is 13.0 Å². The van der Waals surface area contributed by atoms with E-state index in [0.29, 0.717) is 30.3 Å². The third-order valence-electron chi connectivity index (χ3n) is 3.54. The second-order valence-electron chi connectivity index (χ2n) is 4.83. The van der Waals surface area contributed by atoms with Crippen molar-refractivity contribution in [2.75, 3.05) is 23.8 Å². The first-order chi connectivity index (χ1) is 8.72. The zero-order valence-corrected chi connectivity index (χ0v) is 10.5. The first kappa shape index (κ1) is 12.9. The molecule has 0 radical (unpaired) electrons. The highest BCUT2D eigenvalue weighted by atomic mass is 16.3. The van der Waals surface area contributed by atoms with Gasteiger partial charge in [-0.1, -0.05) is 18.6 Å². The van der Waals surface area contributed by atoms with Crippen LogP contribution in [0.4, 0.5) is 11.4 Å². The van der Waals surface area contributed by atoms with Crippen molar-refractivity contribution in [2.45, 2.75) is 25.7 Å². The summed E-state index contributed by atoms with van der Waals surface area (Å²) >= 11 is 0. The number of nitrogens with zero attached hydrogens (tertiary/aromatic N) is 1.